The fourth-order valence-electron chi connectivity index (χ4n) is 3.69. The average Bonchev–Trinajstić information content (AvgIpc) is 2.99. The van der Waals surface area contributed by atoms with Gasteiger partial charge in [-0.1, -0.05) is 13.0 Å². The van der Waals surface area contributed by atoms with Crippen LogP contribution in [0.15, 0.2) is 12.1 Å². The van der Waals surface area contributed by atoms with Crippen molar-refractivity contribution in [1.82, 2.24) is 4.90 Å². The van der Waals surface area contributed by atoms with E-state index in [1.54, 1.807) is 7.11 Å². The van der Waals surface area contributed by atoms with E-state index in [0.717, 1.165) is 25.3 Å². The number of nitrogens with zero attached hydrogens (tertiary/aromatic N) is 1. The van der Waals surface area contributed by atoms with E-state index in [-0.39, 0.29) is 11.6 Å². The predicted molar refractivity (Wildman–Crippen MR) is 88.9 cm³/mol. The van der Waals surface area contributed by atoms with Crippen molar-refractivity contribution >= 4 is 0 Å². The molecule has 3 heteroatoms. The second-order valence-electron chi connectivity index (χ2n) is 6.58. The van der Waals surface area contributed by atoms with Gasteiger partial charge in [-0.25, -0.2) is 0 Å². The molecule has 1 fully saturated rings. The summed E-state index contributed by atoms with van der Waals surface area (Å²) in [5.74, 6) is 0.930. The van der Waals surface area contributed by atoms with Gasteiger partial charge in [0.2, 0.25) is 0 Å². The minimum Gasteiger partial charge on any atom is -0.496 e. The van der Waals surface area contributed by atoms with E-state index in [1.165, 1.54) is 29.5 Å². The highest BCUT2D eigenvalue weighted by Crippen LogP contribution is 2.40. The maximum atomic E-state index is 6.77. The summed E-state index contributed by atoms with van der Waals surface area (Å²) >= 11 is 0. The van der Waals surface area contributed by atoms with Crippen LogP contribution in [0.1, 0.15) is 55.8 Å². The Morgan fingerprint density at radius 3 is 2.43 bits per heavy atom. The number of hydrogen-bond acceptors (Lipinski definition) is 3. The van der Waals surface area contributed by atoms with Gasteiger partial charge in [0.1, 0.15) is 5.75 Å². The highest BCUT2D eigenvalue weighted by atomic mass is 16.5. The first-order valence-corrected chi connectivity index (χ1v) is 8.09. The van der Waals surface area contributed by atoms with Crippen LogP contribution < -0.4 is 10.5 Å². The quantitative estimate of drug-likeness (QED) is 0.901. The van der Waals surface area contributed by atoms with Crippen LogP contribution in [-0.2, 0) is 0 Å². The summed E-state index contributed by atoms with van der Waals surface area (Å²) in [6, 6.07) is 4.27. The molecule has 0 saturated carbocycles. The Labute approximate surface area is 129 Å². The maximum Gasteiger partial charge on any atom is 0.124 e. The normalized spacial score (nSPS) is 20.3. The number of rotatable bonds is 5. The van der Waals surface area contributed by atoms with Crippen molar-refractivity contribution in [3.05, 3.63) is 28.8 Å². The number of likely N-dealkylation sites (tertiary alicyclic amines) is 1. The molecule has 0 spiro atoms. The summed E-state index contributed by atoms with van der Waals surface area (Å²) in [4.78, 5) is 2.57. The van der Waals surface area contributed by atoms with Crippen LogP contribution in [0.4, 0.5) is 0 Å². The summed E-state index contributed by atoms with van der Waals surface area (Å²) in [5.41, 5.74) is 10.4. The van der Waals surface area contributed by atoms with Gasteiger partial charge < -0.3 is 10.5 Å². The molecule has 0 bridgehead atoms. The second-order valence-corrected chi connectivity index (χ2v) is 6.58. The van der Waals surface area contributed by atoms with Gasteiger partial charge in [0, 0.05) is 11.1 Å². The maximum absolute atomic E-state index is 6.77. The number of nitrogens with two attached hydrogens (primary N) is 1. The Morgan fingerprint density at radius 2 is 1.90 bits per heavy atom. The fourth-order valence-corrected chi connectivity index (χ4v) is 3.69. The average molecular weight is 290 g/mol. The molecule has 0 amide bonds. The van der Waals surface area contributed by atoms with Crippen LogP contribution in [0.25, 0.3) is 0 Å². The number of aryl methyl sites for hydroxylation is 2. The van der Waals surface area contributed by atoms with E-state index in [9.17, 15) is 0 Å². The number of benzene rings is 1. The highest BCUT2D eigenvalue weighted by molar-refractivity contribution is 5.46. The Hall–Kier alpha value is -1.06. The molecular weight excluding hydrogens is 260 g/mol. The Bertz CT molecular complexity index is 494. The van der Waals surface area contributed by atoms with Gasteiger partial charge in [0.05, 0.1) is 13.2 Å². The Kier molecular flexibility index (Phi) is 4.95. The molecule has 118 valence electrons. The van der Waals surface area contributed by atoms with Crippen LogP contribution in [0.2, 0.25) is 0 Å². The van der Waals surface area contributed by atoms with E-state index in [2.05, 4.69) is 44.7 Å². The zero-order chi connectivity index (χ0) is 15.6. The van der Waals surface area contributed by atoms with Gasteiger partial charge in [-0.3, -0.25) is 4.90 Å². The second kappa shape index (κ2) is 6.37. The van der Waals surface area contributed by atoms with E-state index in [4.69, 9.17) is 10.5 Å². The largest absolute Gasteiger partial charge is 0.496 e. The van der Waals surface area contributed by atoms with Gasteiger partial charge in [-0.2, -0.15) is 0 Å². The van der Waals surface area contributed by atoms with Crippen LogP contribution in [0.5, 0.6) is 5.75 Å². The first kappa shape index (κ1) is 16.3. The summed E-state index contributed by atoms with van der Waals surface area (Å²) in [6.07, 6.45) is 3.61. The summed E-state index contributed by atoms with van der Waals surface area (Å²) < 4.78 is 5.63. The highest BCUT2D eigenvalue weighted by Gasteiger charge is 2.39. The zero-order valence-corrected chi connectivity index (χ0v) is 14.2. The lowest BCUT2D eigenvalue weighted by molar-refractivity contribution is 0.0987. The molecule has 1 aliphatic rings. The topological polar surface area (TPSA) is 38.5 Å². The summed E-state index contributed by atoms with van der Waals surface area (Å²) in [7, 11) is 1.74. The molecule has 21 heavy (non-hydrogen) atoms. The van der Waals surface area contributed by atoms with Crippen molar-refractivity contribution in [2.24, 2.45) is 5.73 Å². The van der Waals surface area contributed by atoms with Crippen molar-refractivity contribution in [2.75, 3.05) is 20.2 Å². The molecule has 1 aliphatic heterocycles. The Morgan fingerprint density at radius 1 is 1.29 bits per heavy atom. The molecule has 0 aromatic heterocycles. The first-order chi connectivity index (χ1) is 9.93. The van der Waals surface area contributed by atoms with Crippen molar-refractivity contribution in [2.45, 2.75) is 58.5 Å². The van der Waals surface area contributed by atoms with E-state index < -0.39 is 0 Å². The molecule has 0 radical (unpaired) electrons. The minimum absolute atomic E-state index is 0.0101. The van der Waals surface area contributed by atoms with Crippen molar-refractivity contribution < 1.29 is 4.74 Å². The van der Waals surface area contributed by atoms with Gasteiger partial charge in [-0.05, 0) is 70.3 Å². The molecule has 1 heterocycles. The van der Waals surface area contributed by atoms with Crippen molar-refractivity contribution in [1.29, 1.82) is 0 Å². The monoisotopic (exact) mass is 290 g/mol. The summed E-state index contributed by atoms with van der Waals surface area (Å²) in [6.45, 7) is 11.1. The zero-order valence-electron chi connectivity index (χ0n) is 14.2. The molecule has 2 unspecified atom stereocenters. The van der Waals surface area contributed by atoms with Crippen LogP contribution in [0.3, 0.4) is 0 Å². The van der Waals surface area contributed by atoms with E-state index >= 15 is 0 Å². The third kappa shape index (κ3) is 2.95. The van der Waals surface area contributed by atoms with Crippen molar-refractivity contribution in [3.63, 3.8) is 0 Å². The summed E-state index contributed by atoms with van der Waals surface area (Å²) in [5, 5.41) is 0. The van der Waals surface area contributed by atoms with Gasteiger partial charge in [0.15, 0.2) is 0 Å². The van der Waals surface area contributed by atoms with Gasteiger partial charge in [-0.15, -0.1) is 0 Å². The Balaban J connectivity index is 2.44. The smallest absolute Gasteiger partial charge is 0.124 e. The molecule has 3 nitrogen and oxygen atoms in total. The molecule has 2 rings (SSSR count). The van der Waals surface area contributed by atoms with Crippen LogP contribution >= 0.6 is 0 Å². The number of ether oxygens (including phenoxy) is 1. The predicted octanol–water partition coefficient (Wildman–Crippen LogP) is 3.58. The van der Waals surface area contributed by atoms with E-state index in [1.807, 2.05) is 0 Å². The van der Waals surface area contributed by atoms with Crippen LogP contribution in [-0.4, -0.2) is 30.6 Å². The standard InChI is InChI=1S/C18H30N2O/c1-6-18(4,20-9-7-8-10-20)17(19)16-14(3)11-13(2)12-15(16)21-5/h11-12,17H,6-10,19H2,1-5H3. The molecule has 0 aliphatic carbocycles. The third-order valence-corrected chi connectivity index (χ3v) is 5.24. The molecule has 1 aromatic rings. The molecule has 1 saturated heterocycles. The minimum atomic E-state index is -0.0313. The molecular formula is C18H30N2O. The molecule has 1 aromatic carbocycles. The molecule has 2 atom stereocenters. The lowest BCUT2D eigenvalue weighted by Gasteiger charge is -2.43. The number of methoxy groups -OCH3 is 1. The molecule has 2 N–H and O–H groups in total. The SMILES string of the molecule is CCC(C)(C(N)c1c(C)cc(C)cc1OC)N1CCCC1. The van der Waals surface area contributed by atoms with E-state index in [0.29, 0.717) is 0 Å². The lowest BCUT2D eigenvalue weighted by atomic mass is 9.81. The first-order valence-electron chi connectivity index (χ1n) is 8.09. The third-order valence-electron chi connectivity index (χ3n) is 5.24. The van der Waals surface area contributed by atoms with Gasteiger partial charge in [0.25, 0.3) is 0 Å². The van der Waals surface area contributed by atoms with Crippen molar-refractivity contribution in [3.8, 4) is 5.75 Å². The lowest BCUT2D eigenvalue weighted by Crippen LogP contribution is -2.52. The fraction of sp³-hybridized carbons (Fsp3) is 0.667. The van der Waals surface area contributed by atoms with Gasteiger partial charge >= 0.3 is 0 Å². The van der Waals surface area contributed by atoms with Crippen LogP contribution in [0, 0.1) is 13.8 Å². The number of hydrogen-bond donors (Lipinski definition) is 1.